The van der Waals surface area contributed by atoms with Gasteiger partial charge < -0.3 is 10.1 Å². The number of halogens is 1. The molecule has 2 amide bonds. The second kappa shape index (κ2) is 8.99. The van der Waals surface area contributed by atoms with Gasteiger partial charge >= 0.3 is 0 Å². The Labute approximate surface area is 171 Å². The maximum atomic E-state index is 13.0. The van der Waals surface area contributed by atoms with Crippen LogP contribution in [0.5, 0.6) is 5.75 Å². The number of benzene rings is 2. The quantitative estimate of drug-likeness (QED) is 0.568. The molecule has 0 saturated carbocycles. The van der Waals surface area contributed by atoms with Crippen LogP contribution in [-0.4, -0.2) is 34.7 Å². The van der Waals surface area contributed by atoms with Gasteiger partial charge in [0.15, 0.2) is 0 Å². The van der Waals surface area contributed by atoms with E-state index in [2.05, 4.69) is 5.32 Å². The van der Waals surface area contributed by atoms with Crippen molar-refractivity contribution in [2.24, 2.45) is 0 Å². The number of ether oxygens (including phenoxy) is 1. The van der Waals surface area contributed by atoms with Crippen molar-refractivity contribution in [3.63, 3.8) is 0 Å². The van der Waals surface area contributed by atoms with Crippen molar-refractivity contribution in [3.8, 4) is 5.75 Å². The normalized spacial score (nSPS) is 15.2. The summed E-state index contributed by atoms with van der Waals surface area (Å²) in [5, 5.41) is 2.77. The third kappa shape index (κ3) is 4.96. The summed E-state index contributed by atoms with van der Waals surface area (Å²) in [4.78, 5) is 26.6. The Balaban J connectivity index is 1.57. The second-order valence-corrected chi connectivity index (χ2v) is 7.59. The average Bonchev–Trinajstić information content (AvgIpc) is 2.95. The van der Waals surface area contributed by atoms with Crippen molar-refractivity contribution >= 4 is 51.9 Å². The SMILES string of the molecule is COc1ccc(NC(=O)CCN2C(=O)/C(=C/c3ccc(F)cc3)SC2=S)cc1. The van der Waals surface area contributed by atoms with Gasteiger partial charge in [0.25, 0.3) is 5.91 Å². The molecule has 0 spiro atoms. The van der Waals surface area contributed by atoms with Crippen LogP contribution >= 0.6 is 24.0 Å². The summed E-state index contributed by atoms with van der Waals surface area (Å²) in [6.45, 7) is 0.188. The van der Waals surface area contributed by atoms with E-state index in [9.17, 15) is 14.0 Å². The molecule has 2 aromatic rings. The molecule has 144 valence electrons. The van der Waals surface area contributed by atoms with Crippen LogP contribution in [0.25, 0.3) is 6.08 Å². The topological polar surface area (TPSA) is 58.6 Å². The van der Waals surface area contributed by atoms with E-state index >= 15 is 0 Å². The number of hydrogen-bond donors (Lipinski definition) is 1. The third-order valence-electron chi connectivity index (χ3n) is 3.98. The van der Waals surface area contributed by atoms with Crippen molar-refractivity contribution in [2.75, 3.05) is 19.0 Å². The lowest BCUT2D eigenvalue weighted by Crippen LogP contribution is -2.31. The van der Waals surface area contributed by atoms with Gasteiger partial charge in [-0.15, -0.1) is 0 Å². The lowest BCUT2D eigenvalue weighted by atomic mass is 10.2. The molecule has 1 aliphatic rings. The molecule has 3 rings (SSSR count). The highest BCUT2D eigenvalue weighted by Gasteiger charge is 2.32. The van der Waals surface area contributed by atoms with Gasteiger partial charge in [0.2, 0.25) is 5.91 Å². The molecule has 1 aliphatic heterocycles. The maximum Gasteiger partial charge on any atom is 0.266 e. The van der Waals surface area contributed by atoms with Crippen LogP contribution in [0, 0.1) is 5.82 Å². The Bertz CT molecular complexity index is 927. The Morgan fingerprint density at radius 3 is 2.54 bits per heavy atom. The van der Waals surface area contributed by atoms with Crippen molar-refractivity contribution in [2.45, 2.75) is 6.42 Å². The van der Waals surface area contributed by atoms with E-state index in [0.29, 0.717) is 26.2 Å². The number of rotatable bonds is 6. The highest BCUT2D eigenvalue weighted by atomic mass is 32.2. The lowest BCUT2D eigenvalue weighted by molar-refractivity contribution is -0.122. The van der Waals surface area contributed by atoms with Crippen LogP contribution in [0.15, 0.2) is 53.4 Å². The van der Waals surface area contributed by atoms with E-state index in [1.54, 1.807) is 49.6 Å². The van der Waals surface area contributed by atoms with Crippen LogP contribution in [0.2, 0.25) is 0 Å². The van der Waals surface area contributed by atoms with E-state index in [-0.39, 0.29) is 30.6 Å². The molecule has 28 heavy (non-hydrogen) atoms. The van der Waals surface area contributed by atoms with Crippen molar-refractivity contribution in [1.82, 2.24) is 4.90 Å². The first-order valence-corrected chi connectivity index (χ1v) is 9.63. The third-order valence-corrected chi connectivity index (χ3v) is 5.36. The van der Waals surface area contributed by atoms with Gasteiger partial charge in [-0.1, -0.05) is 36.1 Å². The Kier molecular flexibility index (Phi) is 6.43. The Morgan fingerprint density at radius 2 is 1.89 bits per heavy atom. The summed E-state index contributed by atoms with van der Waals surface area (Å²) >= 11 is 6.43. The van der Waals surface area contributed by atoms with E-state index in [4.69, 9.17) is 17.0 Å². The van der Waals surface area contributed by atoms with Gasteiger partial charge in [0, 0.05) is 18.7 Å². The number of anilines is 1. The molecular formula is C20H17FN2O3S2. The van der Waals surface area contributed by atoms with Crippen LogP contribution < -0.4 is 10.1 Å². The minimum atomic E-state index is -0.340. The summed E-state index contributed by atoms with van der Waals surface area (Å²) in [7, 11) is 1.57. The van der Waals surface area contributed by atoms with E-state index in [1.807, 2.05) is 0 Å². The zero-order valence-corrected chi connectivity index (χ0v) is 16.6. The number of thiocarbonyl (C=S) groups is 1. The molecule has 1 N–H and O–H groups in total. The van der Waals surface area contributed by atoms with Crippen molar-refractivity contribution < 1.29 is 18.7 Å². The number of hydrogen-bond acceptors (Lipinski definition) is 5. The van der Waals surface area contributed by atoms with Crippen molar-refractivity contribution in [3.05, 3.63) is 64.8 Å². The molecule has 0 bridgehead atoms. The number of nitrogens with one attached hydrogen (secondary N) is 1. The van der Waals surface area contributed by atoms with Gasteiger partial charge in [0.05, 0.1) is 12.0 Å². The molecule has 8 heteroatoms. The average molecular weight is 416 g/mol. The number of amides is 2. The second-order valence-electron chi connectivity index (χ2n) is 5.91. The maximum absolute atomic E-state index is 13.0. The highest BCUT2D eigenvalue weighted by molar-refractivity contribution is 8.26. The van der Waals surface area contributed by atoms with Crippen LogP contribution in [0.1, 0.15) is 12.0 Å². The van der Waals surface area contributed by atoms with E-state index in [1.165, 1.54) is 28.8 Å². The molecule has 1 heterocycles. The molecule has 5 nitrogen and oxygen atoms in total. The summed E-state index contributed by atoms with van der Waals surface area (Å²) < 4.78 is 18.5. The predicted octanol–water partition coefficient (Wildman–Crippen LogP) is 4.06. The minimum Gasteiger partial charge on any atom is -0.497 e. The van der Waals surface area contributed by atoms with E-state index in [0.717, 1.165) is 0 Å². The molecule has 1 fully saturated rings. The van der Waals surface area contributed by atoms with Gasteiger partial charge in [-0.2, -0.15) is 0 Å². The number of carbonyl (C=O) groups is 2. The zero-order valence-electron chi connectivity index (χ0n) is 15.0. The molecule has 0 aliphatic carbocycles. The Morgan fingerprint density at radius 1 is 1.21 bits per heavy atom. The minimum absolute atomic E-state index is 0.113. The largest absolute Gasteiger partial charge is 0.497 e. The first kappa shape index (κ1) is 20.0. The fourth-order valence-corrected chi connectivity index (χ4v) is 3.82. The smallest absolute Gasteiger partial charge is 0.266 e. The molecule has 2 aromatic carbocycles. The molecule has 0 atom stereocenters. The monoisotopic (exact) mass is 416 g/mol. The molecule has 0 unspecified atom stereocenters. The molecular weight excluding hydrogens is 399 g/mol. The summed E-state index contributed by atoms with van der Waals surface area (Å²) in [6.07, 6.45) is 1.78. The summed E-state index contributed by atoms with van der Waals surface area (Å²) in [5.41, 5.74) is 1.35. The van der Waals surface area contributed by atoms with Crippen LogP contribution in [0.3, 0.4) is 0 Å². The summed E-state index contributed by atoms with van der Waals surface area (Å²) in [5.74, 6) is -0.116. The van der Waals surface area contributed by atoms with E-state index < -0.39 is 0 Å². The van der Waals surface area contributed by atoms with Crippen molar-refractivity contribution in [1.29, 1.82) is 0 Å². The fourth-order valence-electron chi connectivity index (χ4n) is 2.51. The fraction of sp³-hybridized carbons (Fsp3) is 0.150. The number of nitrogens with zero attached hydrogens (tertiary/aromatic N) is 1. The van der Waals surface area contributed by atoms with Gasteiger partial charge in [0.1, 0.15) is 15.9 Å². The van der Waals surface area contributed by atoms with Gasteiger partial charge in [-0.3, -0.25) is 14.5 Å². The summed E-state index contributed by atoms with van der Waals surface area (Å²) in [6, 6.07) is 12.8. The lowest BCUT2D eigenvalue weighted by Gasteiger charge is -2.14. The predicted molar refractivity (Wildman–Crippen MR) is 113 cm³/mol. The zero-order chi connectivity index (χ0) is 20.1. The number of methoxy groups -OCH3 is 1. The standard InChI is InChI=1S/C20H17FN2O3S2/c1-26-16-8-6-15(7-9-16)22-18(24)10-11-23-19(25)17(28-20(23)27)12-13-2-4-14(21)5-3-13/h2-9,12H,10-11H2,1H3,(H,22,24)/b17-12-. The van der Waals surface area contributed by atoms with Gasteiger partial charge in [-0.25, -0.2) is 4.39 Å². The van der Waals surface area contributed by atoms with Gasteiger partial charge in [-0.05, 0) is 48.0 Å². The first-order chi connectivity index (χ1) is 13.5. The highest BCUT2D eigenvalue weighted by Crippen LogP contribution is 2.32. The first-order valence-electron chi connectivity index (χ1n) is 8.41. The number of carbonyl (C=O) groups excluding carboxylic acids is 2. The molecule has 0 radical (unpaired) electrons. The molecule has 0 aromatic heterocycles. The van der Waals surface area contributed by atoms with Crippen LogP contribution in [-0.2, 0) is 9.59 Å². The Hall–Kier alpha value is -2.71. The van der Waals surface area contributed by atoms with Crippen LogP contribution in [0.4, 0.5) is 10.1 Å². The molecule has 1 saturated heterocycles. The number of thioether (sulfide) groups is 1.